The largest absolute Gasteiger partial charge is 0.457 e. The van der Waals surface area contributed by atoms with E-state index < -0.39 is 0 Å². The third kappa shape index (κ3) is 7.45. The molecule has 0 unspecified atom stereocenters. The predicted octanol–water partition coefficient (Wildman–Crippen LogP) is 13.3. The maximum Gasteiger partial charge on any atom is 0.135 e. The van der Waals surface area contributed by atoms with Crippen LogP contribution in [0.25, 0.3) is 21.5 Å². The van der Waals surface area contributed by atoms with Gasteiger partial charge in [-0.3, -0.25) is 0 Å². The molecule has 0 heterocycles. The molecule has 7 rings (SSSR count). The van der Waals surface area contributed by atoms with Gasteiger partial charge >= 0.3 is 0 Å². The number of unbranched alkanes of at least 4 members (excludes halogenated alkanes) is 3. The van der Waals surface area contributed by atoms with Crippen LogP contribution in [0.3, 0.4) is 0 Å². The summed E-state index contributed by atoms with van der Waals surface area (Å²) < 4.78 is 25.3. The molecule has 7 aromatic carbocycles. The van der Waals surface area contributed by atoms with Crippen LogP contribution in [0.1, 0.15) is 38.2 Å². The molecule has 0 saturated heterocycles. The van der Waals surface area contributed by atoms with Crippen LogP contribution in [0.4, 0.5) is 0 Å². The van der Waals surface area contributed by atoms with Crippen molar-refractivity contribution in [2.45, 2.75) is 39.0 Å². The summed E-state index contributed by atoms with van der Waals surface area (Å²) in [4.78, 5) is 0. The minimum atomic E-state index is 0.709. The van der Waals surface area contributed by atoms with Gasteiger partial charge in [-0.2, -0.15) is 0 Å². The molecule has 0 aliphatic heterocycles. The van der Waals surface area contributed by atoms with Gasteiger partial charge < -0.3 is 18.9 Å². The Morgan fingerprint density at radius 3 is 1.38 bits per heavy atom. The summed E-state index contributed by atoms with van der Waals surface area (Å²) in [6, 6.07) is 50.3. The Bertz CT molecular complexity index is 2110. The third-order valence-electron chi connectivity index (χ3n) is 8.40. The molecule has 0 fully saturated rings. The molecule has 238 valence electrons. The van der Waals surface area contributed by atoms with Gasteiger partial charge in [-0.15, -0.1) is 0 Å². The van der Waals surface area contributed by atoms with Gasteiger partial charge in [0.1, 0.15) is 46.0 Å². The average molecular weight is 631 g/mol. The van der Waals surface area contributed by atoms with Gasteiger partial charge in [0, 0.05) is 16.8 Å². The Morgan fingerprint density at radius 1 is 0.375 bits per heavy atom. The highest BCUT2D eigenvalue weighted by Crippen LogP contribution is 2.36. The molecular weight excluding hydrogens is 592 g/mol. The zero-order valence-electron chi connectivity index (χ0n) is 27.1. The highest BCUT2D eigenvalue weighted by atomic mass is 16.5. The fourth-order valence-corrected chi connectivity index (χ4v) is 5.88. The Labute approximate surface area is 282 Å². The SMILES string of the molecule is CCCCCCc1ccc(Oc2ccc(Oc3cccc4ccccc34)cc2)cc1Oc1ccc(Oc2cccc3ccccc23)cc1. The Kier molecular flexibility index (Phi) is 9.51. The van der Waals surface area contributed by atoms with Crippen LogP contribution in [0.15, 0.2) is 152 Å². The van der Waals surface area contributed by atoms with Crippen molar-refractivity contribution in [3.05, 3.63) is 157 Å². The molecule has 0 aromatic heterocycles. The molecule has 0 spiro atoms. The van der Waals surface area contributed by atoms with Crippen molar-refractivity contribution in [1.29, 1.82) is 0 Å². The van der Waals surface area contributed by atoms with Gasteiger partial charge in [-0.25, -0.2) is 0 Å². The highest BCUT2D eigenvalue weighted by Gasteiger charge is 2.11. The molecule has 48 heavy (non-hydrogen) atoms. The molecule has 7 aromatic rings. The van der Waals surface area contributed by atoms with Crippen LogP contribution in [-0.4, -0.2) is 0 Å². The molecule has 0 saturated carbocycles. The smallest absolute Gasteiger partial charge is 0.135 e. The second-order valence-electron chi connectivity index (χ2n) is 11.9. The lowest BCUT2D eigenvalue weighted by Gasteiger charge is -2.15. The Balaban J connectivity index is 1.06. The molecule has 4 nitrogen and oxygen atoms in total. The minimum Gasteiger partial charge on any atom is -0.457 e. The maximum absolute atomic E-state index is 6.49. The van der Waals surface area contributed by atoms with Crippen molar-refractivity contribution < 1.29 is 18.9 Å². The molecule has 0 bridgehead atoms. The zero-order chi connectivity index (χ0) is 32.5. The van der Waals surface area contributed by atoms with Crippen LogP contribution in [0.5, 0.6) is 46.0 Å². The zero-order valence-corrected chi connectivity index (χ0v) is 27.1. The summed E-state index contributed by atoms with van der Waals surface area (Å²) in [6.07, 6.45) is 5.69. The lowest BCUT2D eigenvalue weighted by molar-refractivity contribution is 0.450. The van der Waals surface area contributed by atoms with Gasteiger partial charge in [0.15, 0.2) is 0 Å². The van der Waals surface area contributed by atoms with E-state index in [0.717, 1.165) is 80.2 Å². The van der Waals surface area contributed by atoms with Gasteiger partial charge in [0.2, 0.25) is 0 Å². The molecule has 0 aliphatic carbocycles. The molecule has 0 radical (unpaired) electrons. The van der Waals surface area contributed by atoms with Gasteiger partial charge in [-0.05, 0) is 95.9 Å². The minimum absolute atomic E-state index is 0.709. The number of ether oxygens (including phenoxy) is 4. The fourth-order valence-electron chi connectivity index (χ4n) is 5.88. The number of fused-ring (bicyclic) bond motifs is 2. The van der Waals surface area contributed by atoms with E-state index in [2.05, 4.69) is 49.4 Å². The number of hydrogen-bond donors (Lipinski definition) is 0. The second kappa shape index (κ2) is 14.8. The number of rotatable bonds is 13. The van der Waals surface area contributed by atoms with Crippen molar-refractivity contribution in [3.8, 4) is 46.0 Å². The predicted molar refractivity (Wildman–Crippen MR) is 195 cm³/mol. The number of benzene rings is 7. The summed E-state index contributed by atoms with van der Waals surface area (Å²) in [5, 5.41) is 4.45. The second-order valence-corrected chi connectivity index (χ2v) is 11.9. The van der Waals surface area contributed by atoms with E-state index in [4.69, 9.17) is 18.9 Å². The summed E-state index contributed by atoms with van der Waals surface area (Å²) in [6.45, 7) is 2.23. The van der Waals surface area contributed by atoms with Gasteiger partial charge in [0.25, 0.3) is 0 Å². The summed E-state index contributed by atoms with van der Waals surface area (Å²) in [7, 11) is 0. The molecule has 0 N–H and O–H groups in total. The van der Waals surface area contributed by atoms with E-state index in [1.807, 2.05) is 109 Å². The Morgan fingerprint density at radius 2 is 0.833 bits per heavy atom. The Hall–Kier alpha value is -5.74. The monoisotopic (exact) mass is 630 g/mol. The van der Waals surface area contributed by atoms with Crippen molar-refractivity contribution >= 4 is 21.5 Å². The van der Waals surface area contributed by atoms with E-state index in [9.17, 15) is 0 Å². The summed E-state index contributed by atoms with van der Waals surface area (Å²) in [5.41, 5.74) is 1.16. The van der Waals surface area contributed by atoms with Crippen LogP contribution in [0.2, 0.25) is 0 Å². The number of aryl methyl sites for hydroxylation is 1. The van der Waals surface area contributed by atoms with Gasteiger partial charge in [0.05, 0.1) is 0 Å². The standard InChI is InChI=1S/C44H38O4/c1-2-3-4-5-14-34-21-22-39(45-35-23-25-36(26-24-35)46-42-19-10-15-32-12-6-8-17-40(32)42)31-44(34)48-38-29-27-37(28-30-38)47-43-20-11-16-33-13-7-9-18-41(33)43/h6-13,15-31H,2-5,14H2,1H3. The van der Waals surface area contributed by atoms with Crippen molar-refractivity contribution in [3.63, 3.8) is 0 Å². The first kappa shape index (κ1) is 30.9. The fraction of sp³-hybridized carbons (Fsp3) is 0.136. The van der Waals surface area contributed by atoms with E-state index >= 15 is 0 Å². The molecule has 0 amide bonds. The number of hydrogen-bond acceptors (Lipinski definition) is 4. The third-order valence-corrected chi connectivity index (χ3v) is 8.40. The van der Waals surface area contributed by atoms with Crippen molar-refractivity contribution in [2.24, 2.45) is 0 Å². The quantitative estimate of drug-likeness (QED) is 0.119. The van der Waals surface area contributed by atoms with Crippen LogP contribution < -0.4 is 18.9 Å². The summed E-state index contributed by atoms with van der Waals surface area (Å²) >= 11 is 0. The van der Waals surface area contributed by atoms with E-state index in [-0.39, 0.29) is 0 Å². The highest BCUT2D eigenvalue weighted by molar-refractivity contribution is 5.89. The lowest BCUT2D eigenvalue weighted by atomic mass is 10.0. The van der Waals surface area contributed by atoms with Gasteiger partial charge in [-0.1, -0.05) is 105 Å². The average Bonchev–Trinajstić information content (AvgIpc) is 3.13. The maximum atomic E-state index is 6.49. The van der Waals surface area contributed by atoms with E-state index in [1.54, 1.807) is 0 Å². The molecule has 0 atom stereocenters. The molecule has 0 aliphatic rings. The first-order valence-corrected chi connectivity index (χ1v) is 16.7. The molecule has 4 heteroatoms. The van der Waals surface area contributed by atoms with Crippen LogP contribution in [0, 0.1) is 0 Å². The normalized spacial score (nSPS) is 11.0. The van der Waals surface area contributed by atoms with E-state index in [1.165, 1.54) is 19.3 Å². The lowest BCUT2D eigenvalue weighted by Crippen LogP contribution is -1.95. The van der Waals surface area contributed by atoms with Crippen LogP contribution in [-0.2, 0) is 6.42 Å². The molecular formula is C44H38O4. The topological polar surface area (TPSA) is 36.9 Å². The van der Waals surface area contributed by atoms with Crippen molar-refractivity contribution in [1.82, 2.24) is 0 Å². The van der Waals surface area contributed by atoms with E-state index in [0.29, 0.717) is 5.75 Å². The first-order valence-electron chi connectivity index (χ1n) is 16.7. The van der Waals surface area contributed by atoms with Crippen LogP contribution >= 0.6 is 0 Å². The first-order chi connectivity index (χ1) is 23.7. The summed E-state index contributed by atoms with van der Waals surface area (Å²) in [5.74, 6) is 6.12. The van der Waals surface area contributed by atoms with Crippen molar-refractivity contribution in [2.75, 3.05) is 0 Å².